The molecule has 1 aliphatic heterocycles. The summed E-state index contributed by atoms with van der Waals surface area (Å²) in [6.07, 6.45) is 1.13. The Morgan fingerprint density at radius 2 is 1.68 bits per heavy atom. The van der Waals surface area contributed by atoms with Gasteiger partial charge >= 0.3 is 136 Å². The van der Waals surface area contributed by atoms with Crippen molar-refractivity contribution in [1.82, 2.24) is 4.90 Å². The van der Waals surface area contributed by atoms with Gasteiger partial charge in [-0.1, -0.05) is 0 Å². The van der Waals surface area contributed by atoms with E-state index in [4.69, 9.17) is 0 Å². The van der Waals surface area contributed by atoms with E-state index in [0.29, 0.717) is 19.4 Å². The van der Waals surface area contributed by atoms with Gasteiger partial charge in [0.2, 0.25) is 0 Å². The molecule has 0 aromatic heterocycles. The van der Waals surface area contributed by atoms with Gasteiger partial charge in [0.05, 0.1) is 0 Å². The number of benzene rings is 2. The molecule has 4 heteroatoms. The fourth-order valence-electron chi connectivity index (χ4n) is 2.63. The first kappa shape index (κ1) is 15.0. The van der Waals surface area contributed by atoms with Crippen molar-refractivity contribution in [2.45, 2.75) is 25.4 Å². The van der Waals surface area contributed by atoms with Gasteiger partial charge in [0.15, 0.2) is 0 Å². The summed E-state index contributed by atoms with van der Waals surface area (Å²) in [6.45, 7) is 0.529. The fraction of sp³-hybridized carbons (Fsp3) is 0.222. The van der Waals surface area contributed by atoms with E-state index in [0.717, 1.165) is 10.0 Å². The van der Waals surface area contributed by atoms with Crippen molar-refractivity contribution >= 4 is 30.0 Å². The van der Waals surface area contributed by atoms with Gasteiger partial charge < -0.3 is 0 Å². The first-order valence-corrected chi connectivity index (χ1v) is 9.05. The van der Waals surface area contributed by atoms with Crippen LogP contribution in [0.5, 0.6) is 0 Å². The predicted octanol–water partition coefficient (Wildman–Crippen LogP) is 1.73. The van der Waals surface area contributed by atoms with Gasteiger partial charge in [-0.2, -0.15) is 0 Å². The molecule has 112 valence electrons. The average molecular weight is 358 g/mol. The van der Waals surface area contributed by atoms with Crippen LogP contribution < -0.4 is 4.46 Å². The second-order valence-corrected chi connectivity index (χ2v) is 7.56. The summed E-state index contributed by atoms with van der Waals surface area (Å²) in [7, 11) is 0. The van der Waals surface area contributed by atoms with E-state index in [2.05, 4.69) is 0 Å². The molecule has 0 saturated carbocycles. The van der Waals surface area contributed by atoms with Crippen molar-refractivity contribution in [3.63, 3.8) is 0 Å². The average Bonchev–Trinajstić information content (AvgIpc) is 2.90. The summed E-state index contributed by atoms with van der Waals surface area (Å²) in [6, 6.07) is 19.4. The maximum absolute atomic E-state index is 12.6. The predicted molar refractivity (Wildman–Crippen MR) is 86.9 cm³/mol. The van der Waals surface area contributed by atoms with E-state index < -0.39 is 0 Å². The van der Waals surface area contributed by atoms with Crippen LogP contribution >= 0.6 is 0 Å². The summed E-state index contributed by atoms with van der Waals surface area (Å²) >= 11 is -0.231. The molecular weight excluding hydrogens is 341 g/mol. The van der Waals surface area contributed by atoms with Gasteiger partial charge in [0.1, 0.15) is 0 Å². The van der Waals surface area contributed by atoms with Crippen molar-refractivity contribution in [2.24, 2.45) is 0 Å². The van der Waals surface area contributed by atoms with Crippen LogP contribution in [0.1, 0.15) is 18.4 Å². The van der Waals surface area contributed by atoms with Crippen molar-refractivity contribution in [2.75, 3.05) is 0 Å². The molecule has 2 aromatic carbocycles. The van der Waals surface area contributed by atoms with Gasteiger partial charge in [0, 0.05) is 0 Å². The Kier molecular flexibility index (Phi) is 4.71. The minimum atomic E-state index is -0.257. The Labute approximate surface area is 136 Å². The summed E-state index contributed by atoms with van der Waals surface area (Å²) in [5.74, 6) is 0.0889. The van der Waals surface area contributed by atoms with E-state index in [9.17, 15) is 9.59 Å². The Balaban J connectivity index is 1.71. The monoisotopic (exact) mass is 359 g/mol. The van der Waals surface area contributed by atoms with Crippen LogP contribution in [-0.4, -0.2) is 36.5 Å². The molecule has 3 nitrogen and oxygen atoms in total. The third kappa shape index (κ3) is 3.46. The zero-order chi connectivity index (χ0) is 15.4. The molecule has 22 heavy (non-hydrogen) atoms. The van der Waals surface area contributed by atoms with E-state index in [1.807, 2.05) is 60.7 Å². The molecule has 2 aromatic rings. The van der Waals surface area contributed by atoms with Gasteiger partial charge in [-0.25, -0.2) is 0 Å². The standard InChI is InChI=1S/C18H17NO2Se/c20-17-12-11-16(18(21)22-15-9-5-2-6-10-15)19(17)13-14-7-3-1-4-8-14/h1-10,16H,11-13H2/t16-/m0/s1. The van der Waals surface area contributed by atoms with E-state index in [1.54, 1.807) is 4.90 Å². The molecule has 1 saturated heterocycles. The summed E-state index contributed by atoms with van der Waals surface area (Å²) in [5, 5.41) is 0. The zero-order valence-corrected chi connectivity index (χ0v) is 13.9. The minimum absolute atomic E-state index is 0.0889. The second-order valence-electron chi connectivity index (χ2n) is 5.30. The summed E-state index contributed by atoms with van der Waals surface area (Å²) in [4.78, 5) is 26.5. The van der Waals surface area contributed by atoms with Crippen LogP contribution in [0.4, 0.5) is 0 Å². The SMILES string of the molecule is O=C([Se]c1ccccc1)[C@@H]1CCC(=O)N1Cc1ccccc1. The van der Waals surface area contributed by atoms with Gasteiger partial charge in [0.25, 0.3) is 0 Å². The first-order valence-electron chi connectivity index (χ1n) is 7.34. The van der Waals surface area contributed by atoms with Crippen molar-refractivity contribution in [3.8, 4) is 0 Å². The molecule has 0 unspecified atom stereocenters. The molecule has 0 aliphatic carbocycles. The molecular formula is C18H17NO2Se. The summed E-state index contributed by atoms with van der Waals surface area (Å²) in [5.41, 5.74) is 1.07. The molecule has 1 fully saturated rings. The van der Waals surface area contributed by atoms with E-state index in [1.165, 1.54) is 0 Å². The van der Waals surface area contributed by atoms with Crippen LogP contribution in [0.15, 0.2) is 60.7 Å². The first-order chi connectivity index (χ1) is 10.7. The van der Waals surface area contributed by atoms with E-state index >= 15 is 0 Å². The molecule has 1 heterocycles. The van der Waals surface area contributed by atoms with Gasteiger partial charge in [-0.05, 0) is 0 Å². The Morgan fingerprint density at radius 1 is 1.05 bits per heavy atom. The zero-order valence-electron chi connectivity index (χ0n) is 12.1. The normalized spacial score (nSPS) is 17.7. The number of rotatable bonds is 5. The van der Waals surface area contributed by atoms with Crippen molar-refractivity contribution < 1.29 is 9.59 Å². The summed E-state index contributed by atoms with van der Waals surface area (Å²) < 4.78 is 1.26. The molecule has 0 N–H and O–H groups in total. The number of hydrogen-bond donors (Lipinski definition) is 0. The number of likely N-dealkylation sites (tertiary alicyclic amines) is 1. The van der Waals surface area contributed by atoms with Crippen LogP contribution in [-0.2, 0) is 16.1 Å². The Morgan fingerprint density at radius 3 is 2.36 bits per heavy atom. The van der Waals surface area contributed by atoms with Crippen LogP contribution in [0, 0.1) is 0 Å². The quantitative estimate of drug-likeness (QED) is 0.764. The number of nitrogens with zero attached hydrogens (tertiary/aromatic N) is 1. The second kappa shape index (κ2) is 6.91. The Bertz CT molecular complexity index is 657. The van der Waals surface area contributed by atoms with Crippen molar-refractivity contribution in [3.05, 3.63) is 66.2 Å². The number of amides is 1. The topological polar surface area (TPSA) is 37.4 Å². The molecule has 1 aliphatic rings. The fourth-order valence-corrected chi connectivity index (χ4v) is 4.53. The molecule has 0 radical (unpaired) electrons. The van der Waals surface area contributed by atoms with Crippen LogP contribution in [0.25, 0.3) is 0 Å². The van der Waals surface area contributed by atoms with Crippen LogP contribution in [0.3, 0.4) is 0 Å². The molecule has 1 amide bonds. The molecule has 0 spiro atoms. The maximum atomic E-state index is 12.6. The van der Waals surface area contributed by atoms with Crippen molar-refractivity contribution in [1.29, 1.82) is 0 Å². The molecule has 1 atom stereocenters. The third-order valence-electron chi connectivity index (χ3n) is 3.76. The van der Waals surface area contributed by atoms with Gasteiger partial charge in [-0.3, -0.25) is 0 Å². The number of carbonyl (C=O) groups excluding carboxylic acids is 2. The van der Waals surface area contributed by atoms with Gasteiger partial charge in [-0.15, -0.1) is 0 Å². The number of carbonyl (C=O) groups is 2. The van der Waals surface area contributed by atoms with Crippen LogP contribution in [0.2, 0.25) is 0 Å². The molecule has 0 bridgehead atoms. The number of hydrogen-bond acceptors (Lipinski definition) is 2. The van der Waals surface area contributed by atoms with E-state index in [-0.39, 0.29) is 31.6 Å². The molecule has 3 rings (SSSR count). The third-order valence-corrected chi connectivity index (χ3v) is 5.82. The Hall–Kier alpha value is -1.90.